The van der Waals surface area contributed by atoms with Crippen LogP contribution in [0.15, 0.2) is 267 Å². The van der Waals surface area contributed by atoms with E-state index in [1.54, 1.807) is 0 Å². The molecule has 0 fully saturated rings. The van der Waals surface area contributed by atoms with Crippen molar-refractivity contribution in [3.05, 3.63) is 278 Å². The van der Waals surface area contributed by atoms with Gasteiger partial charge in [0.15, 0.2) is 0 Å². The number of hydrogen-bond acceptors (Lipinski definition) is 2. The van der Waals surface area contributed by atoms with Crippen molar-refractivity contribution in [2.45, 2.75) is 25.7 Å². The molecule has 1 heterocycles. The Balaban J connectivity index is 0.884. The number of benzene rings is 10. The van der Waals surface area contributed by atoms with E-state index in [9.17, 15) is 0 Å². The van der Waals surface area contributed by atoms with Crippen molar-refractivity contribution in [3.63, 3.8) is 0 Å². The smallest absolute Gasteiger partial charge is 0.0518 e. The normalized spacial score (nSPS) is 12.0. The molecule has 0 amide bonds. The van der Waals surface area contributed by atoms with Crippen LogP contribution < -0.4 is 9.80 Å². The first-order valence-electron chi connectivity index (χ1n) is 25.3. The lowest BCUT2D eigenvalue weighted by Crippen LogP contribution is -2.10. The van der Waals surface area contributed by atoms with Crippen molar-refractivity contribution in [2.75, 3.05) is 9.80 Å². The first-order chi connectivity index (χ1) is 35.6. The largest absolute Gasteiger partial charge is 0.343 e. The number of rotatable bonds is 12. The maximum absolute atomic E-state index is 2.48. The lowest BCUT2D eigenvalue weighted by atomic mass is 9.89. The number of aromatic nitrogens is 1. The van der Waals surface area contributed by atoms with Gasteiger partial charge in [0.25, 0.3) is 0 Å². The summed E-state index contributed by atoms with van der Waals surface area (Å²) in [5, 5.41) is 0. The van der Waals surface area contributed by atoms with E-state index in [-0.39, 0.29) is 0 Å². The Hall–Kier alpha value is -8.92. The molecule has 10 aromatic carbocycles. The van der Waals surface area contributed by atoms with Gasteiger partial charge < -0.3 is 14.4 Å². The van der Waals surface area contributed by atoms with Gasteiger partial charge in [0.2, 0.25) is 0 Å². The summed E-state index contributed by atoms with van der Waals surface area (Å²) in [4.78, 5) is 4.75. The fourth-order valence-electron chi connectivity index (χ4n) is 10.8. The van der Waals surface area contributed by atoms with Crippen LogP contribution in [-0.2, 0) is 19.9 Å². The molecule has 3 heteroatoms. The van der Waals surface area contributed by atoms with E-state index in [0.29, 0.717) is 0 Å². The summed E-state index contributed by atoms with van der Waals surface area (Å²) in [5.41, 5.74) is 24.4. The van der Waals surface area contributed by atoms with E-state index in [1.807, 2.05) is 0 Å². The highest BCUT2D eigenvalue weighted by Crippen LogP contribution is 2.44. The molecule has 0 saturated heterocycles. The van der Waals surface area contributed by atoms with Crippen LogP contribution in [0.3, 0.4) is 0 Å². The molecule has 11 aromatic rings. The lowest BCUT2D eigenvalue weighted by Gasteiger charge is -2.26. The van der Waals surface area contributed by atoms with Gasteiger partial charge in [-0.1, -0.05) is 194 Å². The van der Waals surface area contributed by atoms with Crippen molar-refractivity contribution in [1.29, 1.82) is 0 Å². The highest BCUT2D eigenvalue weighted by Gasteiger charge is 2.26. The van der Waals surface area contributed by atoms with Gasteiger partial charge >= 0.3 is 0 Å². The Morgan fingerprint density at radius 3 is 0.653 bits per heavy atom. The second-order valence-electron chi connectivity index (χ2n) is 18.8. The van der Waals surface area contributed by atoms with Gasteiger partial charge in [-0.15, -0.1) is 0 Å². The average Bonchev–Trinajstić information content (AvgIpc) is 3.76. The molecule has 3 nitrogen and oxygen atoms in total. The van der Waals surface area contributed by atoms with E-state index in [1.165, 1.54) is 91.0 Å². The Kier molecular flexibility index (Phi) is 12.2. The fourth-order valence-corrected chi connectivity index (χ4v) is 10.8. The molecule has 72 heavy (non-hydrogen) atoms. The molecule has 0 bridgehead atoms. The summed E-state index contributed by atoms with van der Waals surface area (Å²) in [7, 11) is 2.27. The monoisotopic (exact) mass is 925 g/mol. The second-order valence-corrected chi connectivity index (χ2v) is 18.8. The van der Waals surface area contributed by atoms with E-state index < -0.39 is 0 Å². The predicted molar refractivity (Wildman–Crippen MR) is 304 cm³/mol. The zero-order valence-electron chi connectivity index (χ0n) is 40.6. The second kappa shape index (κ2) is 19.8. The highest BCUT2D eigenvalue weighted by molar-refractivity contribution is 5.85. The highest BCUT2D eigenvalue weighted by atomic mass is 15.1. The molecule has 0 atom stereocenters. The molecule has 0 N–H and O–H groups in total. The van der Waals surface area contributed by atoms with Crippen LogP contribution >= 0.6 is 0 Å². The van der Waals surface area contributed by atoms with E-state index in [0.717, 1.165) is 47.0 Å². The van der Waals surface area contributed by atoms with Crippen LogP contribution in [0.5, 0.6) is 0 Å². The number of anilines is 6. The zero-order valence-corrected chi connectivity index (χ0v) is 40.6. The number of fused-ring (bicyclic) bond motifs is 1. The molecule has 1 aliphatic rings. The molecule has 1 aliphatic carbocycles. The standard InChI is InChI=1S/C69H55N3/c1-70-68(58-34-46-64(47-35-58)71(60-38-26-54(27-39-60)50-16-6-2-7-17-50)61-40-28-55(29-41-61)51-18-8-3-9-19-51)66-24-14-15-25-67(66)69(70)59-36-48-65(49-37-59)72(62-42-30-56(31-43-62)52-20-10-4-11-21-52)63-44-32-57(33-45-63)53-22-12-5-13-23-53/h2-13,16-23,26-49H,14-15,24-25H2,1H3. The van der Waals surface area contributed by atoms with Gasteiger partial charge in [-0.2, -0.15) is 0 Å². The molecule has 0 spiro atoms. The van der Waals surface area contributed by atoms with Crippen LogP contribution in [0.1, 0.15) is 24.0 Å². The van der Waals surface area contributed by atoms with E-state index in [4.69, 9.17) is 0 Å². The van der Waals surface area contributed by atoms with Crippen LogP contribution in [0.4, 0.5) is 34.1 Å². The van der Waals surface area contributed by atoms with Crippen molar-refractivity contribution in [1.82, 2.24) is 4.57 Å². The minimum Gasteiger partial charge on any atom is -0.343 e. The van der Waals surface area contributed by atoms with Crippen molar-refractivity contribution < 1.29 is 0 Å². The van der Waals surface area contributed by atoms with Crippen LogP contribution in [0.2, 0.25) is 0 Å². The maximum Gasteiger partial charge on any atom is 0.0518 e. The third kappa shape index (κ3) is 8.82. The molecule has 1 aromatic heterocycles. The Morgan fingerprint density at radius 2 is 0.431 bits per heavy atom. The number of nitrogens with zero attached hydrogens (tertiary/aromatic N) is 3. The predicted octanol–water partition coefficient (Wildman–Crippen LogP) is 18.8. The number of hydrogen-bond donors (Lipinski definition) is 0. The van der Waals surface area contributed by atoms with Gasteiger partial charge in [0, 0.05) is 41.2 Å². The van der Waals surface area contributed by atoms with E-state index in [2.05, 4.69) is 288 Å². The quantitative estimate of drug-likeness (QED) is 0.121. The summed E-state index contributed by atoms with van der Waals surface area (Å²) >= 11 is 0. The summed E-state index contributed by atoms with van der Waals surface area (Å²) in [6.07, 6.45) is 4.57. The minimum atomic E-state index is 1.08. The van der Waals surface area contributed by atoms with Crippen LogP contribution in [0.25, 0.3) is 67.0 Å². The van der Waals surface area contributed by atoms with Gasteiger partial charge in [-0.05, 0) is 165 Å². The van der Waals surface area contributed by atoms with Crippen molar-refractivity contribution in [2.24, 2.45) is 7.05 Å². The van der Waals surface area contributed by atoms with Crippen molar-refractivity contribution >= 4 is 34.1 Å². The fraction of sp³-hybridized carbons (Fsp3) is 0.0725. The van der Waals surface area contributed by atoms with Gasteiger partial charge in [0.05, 0.1) is 11.4 Å². The van der Waals surface area contributed by atoms with Crippen molar-refractivity contribution in [3.8, 4) is 67.0 Å². The van der Waals surface area contributed by atoms with Gasteiger partial charge in [-0.25, -0.2) is 0 Å². The summed E-state index contributed by atoms with van der Waals surface area (Å²) in [6.45, 7) is 0. The third-order valence-electron chi connectivity index (χ3n) is 14.4. The third-order valence-corrected chi connectivity index (χ3v) is 14.4. The summed E-state index contributed by atoms with van der Waals surface area (Å²) in [5.74, 6) is 0. The Morgan fingerprint density at radius 1 is 0.236 bits per heavy atom. The molecule has 0 aliphatic heterocycles. The SMILES string of the molecule is Cn1c(-c2ccc(N(c3ccc(-c4ccccc4)cc3)c3ccc(-c4ccccc4)cc3)cc2)c2c(c1-c1ccc(N(c3ccc(-c4ccccc4)cc3)c3ccc(-c4ccccc4)cc3)cc1)CCCC2. The molecular formula is C69H55N3. The Bertz CT molecular complexity index is 3140. The van der Waals surface area contributed by atoms with Gasteiger partial charge in [0.1, 0.15) is 0 Å². The maximum atomic E-state index is 2.48. The zero-order chi connectivity index (χ0) is 48.2. The first kappa shape index (κ1) is 44.3. The summed E-state index contributed by atoms with van der Waals surface area (Å²) < 4.78 is 2.48. The van der Waals surface area contributed by atoms with Crippen LogP contribution in [-0.4, -0.2) is 4.57 Å². The average molecular weight is 926 g/mol. The molecule has 0 unspecified atom stereocenters. The molecule has 12 rings (SSSR count). The molecular weight excluding hydrogens is 871 g/mol. The molecule has 346 valence electrons. The van der Waals surface area contributed by atoms with Gasteiger partial charge in [-0.3, -0.25) is 0 Å². The Labute approximate surface area is 424 Å². The van der Waals surface area contributed by atoms with E-state index >= 15 is 0 Å². The summed E-state index contributed by atoms with van der Waals surface area (Å²) in [6, 6.07) is 96.8. The lowest BCUT2D eigenvalue weighted by molar-refractivity contribution is 0.692. The minimum absolute atomic E-state index is 1.08. The molecule has 0 radical (unpaired) electrons. The topological polar surface area (TPSA) is 11.4 Å². The molecule has 0 saturated carbocycles. The van der Waals surface area contributed by atoms with Crippen LogP contribution in [0, 0.1) is 0 Å². The first-order valence-corrected chi connectivity index (χ1v) is 25.3.